The highest BCUT2D eigenvalue weighted by Crippen LogP contribution is 2.19. The van der Waals surface area contributed by atoms with Gasteiger partial charge in [-0.25, -0.2) is 0 Å². The second kappa shape index (κ2) is 7.67. The molecular weight excluding hydrogens is 312 g/mol. The molecular formula is C13H21BrN2O3. The minimum atomic E-state index is -0.139. The number of hydrogen-bond donors (Lipinski definition) is 1. The molecule has 0 aromatic carbocycles. The van der Waals surface area contributed by atoms with Crippen molar-refractivity contribution < 1.29 is 14.3 Å². The smallest absolute Gasteiger partial charge is 0.268 e. The van der Waals surface area contributed by atoms with E-state index in [9.17, 15) is 4.79 Å². The van der Waals surface area contributed by atoms with E-state index >= 15 is 0 Å². The zero-order chi connectivity index (χ0) is 14.4. The first-order chi connectivity index (χ1) is 8.99. The monoisotopic (exact) mass is 332 g/mol. The van der Waals surface area contributed by atoms with Gasteiger partial charge in [-0.15, -0.1) is 0 Å². The molecule has 1 unspecified atom stereocenters. The third kappa shape index (κ3) is 4.63. The summed E-state index contributed by atoms with van der Waals surface area (Å²) in [7, 11) is 3.21. The van der Waals surface area contributed by atoms with E-state index in [1.54, 1.807) is 14.2 Å². The predicted octanol–water partition coefficient (Wildman–Crippen LogP) is 2.22. The molecule has 0 aliphatic heterocycles. The van der Waals surface area contributed by atoms with Gasteiger partial charge in [-0.05, 0) is 35.8 Å². The fraction of sp³-hybridized carbons (Fsp3) is 0.615. The van der Waals surface area contributed by atoms with Gasteiger partial charge in [0.25, 0.3) is 5.91 Å². The van der Waals surface area contributed by atoms with Crippen molar-refractivity contribution in [2.75, 3.05) is 27.4 Å². The fourth-order valence-corrected chi connectivity index (χ4v) is 2.19. The van der Waals surface area contributed by atoms with Crippen molar-refractivity contribution in [1.82, 2.24) is 9.88 Å². The van der Waals surface area contributed by atoms with Crippen LogP contribution in [0.2, 0.25) is 0 Å². The van der Waals surface area contributed by atoms with Crippen LogP contribution >= 0.6 is 15.9 Å². The molecule has 0 fully saturated rings. The number of amides is 1. The molecule has 1 N–H and O–H groups in total. The summed E-state index contributed by atoms with van der Waals surface area (Å²) in [5, 5.41) is 2.86. The second-order valence-corrected chi connectivity index (χ2v) is 5.48. The number of nitrogens with one attached hydrogen (secondary N) is 1. The predicted molar refractivity (Wildman–Crippen MR) is 77.5 cm³/mol. The average Bonchev–Trinajstić information content (AvgIpc) is 2.76. The molecule has 0 spiro atoms. The molecule has 0 radical (unpaired) electrons. The molecule has 1 aromatic rings. The van der Waals surface area contributed by atoms with E-state index in [0.29, 0.717) is 18.8 Å². The Kier molecular flexibility index (Phi) is 6.54. The molecule has 0 saturated heterocycles. The van der Waals surface area contributed by atoms with Crippen LogP contribution in [0, 0.1) is 0 Å². The Morgan fingerprint density at radius 2 is 2.16 bits per heavy atom. The zero-order valence-corrected chi connectivity index (χ0v) is 13.4. The first kappa shape index (κ1) is 16.2. The number of carbonyl (C=O) groups is 1. The minimum absolute atomic E-state index is 0.113. The van der Waals surface area contributed by atoms with Gasteiger partial charge in [0.05, 0.1) is 12.7 Å². The van der Waals surface area contributed by atoms with Crippen LogP contribution in [0.25, 0.3) is 0 Å². The van der Waals surface area contributed by atoms with Crippen LogP contribution in [-0.4, -0.2) is 43.9 Å². The molecule has 1 heterocycles. The summed E-state index contributed by atoms with van der Waals surface area (Å²) >= 11 is 3.39. The van der Waals surface area contributed by atoms with Crippen LogP contribution < -0.4 is 5.32 Å². The first-order valence-electron chi connectivity index (χ1n) is 6.16. The summed E-state index contributed by atoms with van der Waals surface area (Å²) in [5.74, 6) is -0.113. The van der Waals surface area contributed by atoms with E-state index < -0.39 is 0 Å². The van der Waals surface area contributed by atoms with E-state index in [1.807, 2.05) is 30.7 Å². The molecule has 1 amide bonds. The third-order valence-corrected chi connectivity index (χ3v) is 3.21. The molecule has 0 bridgehead atoms. The maximum atomic E-state index is 12.2. The molecule has 19 heavy (non-hydrogen) atoms. The maximum absolute atomic E-state index is 12.2. The van der Waals surface area contributed by atoms with E-state index in [-0.39, 0.29) is 18.1 Å². The van der Waals surface area contributed by atoms with Crippen molar-refractivity contribution in [1.29, 1.82) is 0 Å². The lowest BCUT2D eigenvalue weighted by molar-refractivity contribution is 0.0284. The number of halogens is 1. The van der Waals surface area contributed by atoms with Crippen molar-refractivity contribution in [3.05, 3.63) is 22.4 Å². The first-order valence-corrected chi connectivity index (χ1v) is 6.96. The van der Waals surface area contributed by atoms with E-state index in [4.69, 9.17) is 9.47 Å². The summed E-state index contributed by atoms with van der Waals surface area (Å²) in [6.07, 6.45) is 1.77. The zero-order valence-electron chi connectivity index (χ0n) is 11.8. The number of nitrogens with zero attached hydrogens (tertiary/aromatic N) is 1. The van der Waals surface area contributed by atoms with Crippen LogP contribution in [0.1, 0.15) is 30.4 Å². The number of aromatic nitrogens is 1. The number of hydrogen-bond acceptors (Lipinski definition) is 3. The van der Waals surface area contributed by atoms with Crippen LogP contribution in [-0.2, 0) is 9.47 Å². The van der Waals surface area contributed by atoms with Gasteiger partial charge in [0.15, 0.2) is 0 Å². The van der Waals surface area contributed by atoms with E-state index in [0.717, 1.165) is 4.47 Å². The Labute approximate surface area is 122 Å². The van der Waals surface area contributed by atoms with Gasteiger partial charge in [-0.2, -0.15) is 0 Å². The van der Waals surface area contributed by atoms with Crippen LogP contribution in [0.15, 0.2) is 16.7 Å². The number of methoxy groups -OCH3 is 2. The standard InChI is InChI=1S/C13H21BrN2O3/c1-9(2)16-7-10(14)5-12(16)13(17)15-6-11(19-4)8-18-3/h5,7,9,11H,6,8H2,1-4H3,(H,15,17). The number of rotatable bonds is 7. The van der Waals surface area contributed by atoms with Gasteiger partial charge in [0.2, 0.25) is 0 Å². The molecule has 108 valence electrons. The summed E-state index contributed by atoms with van der Waals surface area (Å²) in [6, 6.07) is 2.04. The highest BCUT2D eigenvalue weighted by Gasteiger charge is 2.16. The minimum Gasteiger partial charge on any atom is -0.382 e. The lowest BCUT2D eigenvalue weighted by Gasteiger charge is -2.16. The summed E-state index contributed by atoms with van der Waals surface area (Å²) in [6.45, 7) is 4.94. The van der Waals surface area contributed by atoms with Gasteiger partial charge in [-0.3, -0.25) is 4.79 Å². The van der Waals surface area contributed by atoms with Crippen molar-refractivity contribution in [2.24, 2.45) is 0 Å². The molecule has 0 aliphatic carbocycles. The van der Waals surface area contributed by atoms with Gasteiger partial charge in [0, 0.05) is 37.5 Å². The normalized spacial score (nSPS) is 12.7. The Morgan fingerprint density at radius 1 is 1.47 bits per heavy atom. The lowest BCUT2D eigenvalue weighted by atomic mass is 10.3. The molecule has 6 heteroatoms. The third-order valence-electron chi connectivity index (χ3n) is 2.78. The summed E-state index contributed by atoms with van der Waals surface area (Å²) in [5.41, 5.74) is 0.633. The van der Waals surface area contributed by atoms with Gasteiger partial charge >= 0.3 is 0 Å². The van der Waals surface area contributed by atoms with Gasteiger partial charge < -0.3 is 19.4 Å². The Balaban J connectivity index is 2.67. The van der Waals surface area contributed by atoms with Crippen molar-refractivity contribution in [2.45, 2.75) is 26.0 Å². The van der Waals surface area contributed by atoms with Crippen LogP contribution in [0.3, 0.4) is 0 Å². The summed E-state index contributed by atoms with van der Waals surface area (Å²) < 4.78 is 13.0. The van der Waals surface area contributed by atoms with Crippen molar-refractivity contribution in [3.8, 4) is 0 Å². The van der Waals surface area contributed by atoms with Gasteiger partial charge in [-0.1, -0.05) is 0 Å². The fourth-order valence-electron chi connectivity index (χ4n) is 1.75. The number of ether oxygens (including phenoxy) is 2. The highest BCUT2D eigenvalue weighted by molar-refractivity contribution is 9.10. The average molecular weight is 333 g/mol. The van der Waals surface area contributed by atoms with E-state index in [1.165, 1.54) is 0 Å². The topological polar surface area (TPSA) is 52.5 Å². The number of carbonyl (C=O) groups excluding carboxylic acids is 1. The largest absolute Gasteiger partial charge is 0.382 e. The quantitative estimate of drug-likeness (QED) is 0.832. The Bertz CT molecular complexity index is 418. The van der Waals surface area contributed by atoms with Crippen LogP contribution in [0.4, 0.5) is 0 Å². The van der Waals surface area contributed by atoms with Gasteiger partial charge in [0.1, 0.15) is 5.69 Å². The molecule has 0 saturated carbocycles. The molecule has 1 aromatic heterocycles. The molecule has 1 rings (SSSR count). The highest BCUT2D eigenvalue weighted by atomic mass is 79.9. The van der Waals surface area contributed by atoms with E-state index in [2.05, 4.69) is 21.2 Å². The lowest BCUT2D eigenvalue weighted by Crippen LogP contribution is -2.36. The molecule has 5 nitrogen and oxygen atoms in total. The van der Waals surface area contributed by atoms with Crippen molar-refractivity contribution in [3.63, 3.8) is 0 Å². The molecule has 1 atom stereocenters. The Hall–Kier alpha value is -0.850. The van der Waals surface area contributed by atoms with Crippen LogP contribution in [0.5, 0.6) is 0 Å². The Morgan fingerprint density at radius 3 is 2.68 bits per heavy atom. The molecule has 0 aliphatic rings. The SMILES string of the molecule is COCC(CNC(=O)c1cc(Br)cn1C(C)C)OC. The maximum Gasteiger partial charge on any atom is 0.268 e. The van der Waals surface area contributed by atoms with Crippen molar-refractivity contribution >= 4 is 21.8 Å². The summed E-state index contributed by atoms with van der Waals surface area (Å²) in [4.78, 5) is 12.2. The second-order valence-electron chi connectivity index (χ2n) is 4.57.